The lowest BCUT2D eigenvalue weighted by Gasteiger charge is -2.08. The van der Waals surface area contributed by atoms with E-state index in [1.54, 1.807) is 18.3 Å². The molecule has 0 spiro atoms. The van der Waals surface area contributed by atoms with Crippen molar-refractivity contribution in [1.82, 2.24) is 9.97 Å². The van der Waals surface area contributed by atoms with Gasteiger partial charge in [-0.05, 0) is 38.0 Å². The average Bonchev–Trinajstić information content (AvgIpc) is 3.02. The van der Waals surface area contributed by atoms with Crippen LogP contribution >= 0.6 is 11.3 Å². The number of carbonyl (C=O) groups is 1. The number of carbonyl (C=O) groups excluding carboxylic acids is 1. The Morgan fingerprint density at radius 1 is 1.16 bits per heavy atom. The van der Waals surface area contributed by atoms with Crippen LogP contribution in [0.25, 0.3) is 11.3 Å². The zero-order valence-corrected chi connectivity index (χ0v) is 15.4. The van der Waals surface area contributed by atoms with Crippen LogP contribution in [0.15, 0.2) is 35.8 Å². The van der Waals surface area contributed by atoms with Gasteiger partial charge in [-0.1, -0.05) is 17.7 Å². The lowest BCUT2D eigenvalue weighted by Crippen LogP contribution is -2.12. The molecule has 0 bridgehead atoms. The van der Waals surface area contributed by atoms with Gasteiger partial charge in [0.15, 0.2) is 5.13 Å². The first-order valence-corrected chi connectivity index (χ1v) is 8.71. The van der Waals surface area contributed by atoms with Gasteiger partial charge >= 0.3 is 0 Å². The highest BCUT2D eigenvalue weighted by Crippen LogP contribution is 2.31. The smallest absolute Gasteiger partial charge is 0.257 e. The first kappa shape index (κ1) is 17.1. The molecule has 1 amide bonds. The van der Waals surface area contributed by atoms with Gasteiger partial charge in [0.25, 0.3) is 5.91 Å². The maximum atomic E-state index is 12.4. The Balaban J connectivity index is 1.83. The number of thiazole rings is 1. The van der Waals surface area contributed by atoms with Crippen molar-refractivity contribution >= 4 is 22.4 Å². The van der Waals surface area contributed by atoms with Crippen LogP contribution in [0.2, 0.25) is 0 Å². The number of methoxy groups -OCH3 is 1. The summed E-state index contributed by atoms with van der Waals surface area (Å²) < 4.78 is 5.05. The van der Waals surface area contributed by atoms with E-state index in [2.05, 4.69) is 48.2 Å². The molecular weight excluding hydrogens is 334 g/mol. The Morgan fingerprint density at radius 3 is 2.56 bits per heavy atom. The van der Waals surface area contributed by atoms with Crippen LogP contribution in [0.4, 0.5) is 5.13 Å². The average molecular weight is 353 g/mol. The van der Waals surface area contributed by atoms with Crippen LogP contribution in [0.3, 0.4) is 0 Å². The number of anilines is 1. The Labute approximate surface area is 150 Å². The summed E-state index contributed by atoms with van der Waals surface area (Å²) in [7, 11) is 1.52. The molecule has 6 heteroatoms. The van der Waals surface area contributed by atoms with Crippen LogP contribution in [0.5, 0.6) is 5.88 Å². The summed E-state index contributed by atoms with van der Waals surface area (Å²) in [6.07, 6.45) is 1.54. The molecule has 0 aliphatic heterocycles. The van der Waals surface area contributed by atoms with Gasteiger partial charge in [-0.25, -0.2) is 9.97 Å². The van der Waals surface area contributed by atoms with Gasteiger partial charge in [-0.2, -0.15) is 0 Å². The Bertz CT molecular complexity index is 911. The molecule has 128 valence electrons. The largest absolute Gasteiger partial charge is 0.481 e. The van der Waals surface area contributed by atoms with Crippen molar-refractivity contribution in [2.75, 3.05) is 12.4 Å². The molecule has 0 unspecified atom stereocenters. The van der Waals surface area contributed by atoms with Crippen molar-refractivity contribution < 1.29 is 9.53 Å². The first-order valence-electron chi connectivity index (χ1n) is 7.83. The van der Waals surface area contributed by atoms with Crippen molar-refractivity contribution in [3.8, 4) is 17.1 Å². The second-order valence-electron chi connectivity index (χ2n) is 5.85. The fraction of sp³-hybridized carbons (Fsp3) is 0.211. The number of nitrogens with one attached hydrogen (secondary N) is 1. The number of hydrogen-bond donors (Lipinski definition) is 1. The topological polar surface area (TPSA) is 64.1 Å². The maximum absolute atomic E-state index is 12.4. The molecule has 0 fully saturated rings. The highest BCUT2D eigenvalue weighted by atomic mass is 32.1. The van der Waals surface area contributed by atoms with Gasteiger partial charge < -0.3 is 4.74 Å². The number of amides is 1. The predicted molar refractivity (Wildman–Crippen MR) is 101 cm³/mol. The highest BCUT2D eigenvalue weighted by molar-refractivity contribution is 7.14. The van der Waals surface area contributed by atoms with Crippen LogP contribution in [0.1, 0.15) is 27.0 Å². The maximum Gasteiger partial charge on any atom is 0.257 e. The van der Waals surface area contributed by atoms with E-state index in [-0.39, 0.29) is 5.91 Å². The number of benzene rings is 1. The Kier molecular flexibility index (Phi) is 4.81. The summed E-state index contributed by atoms with van der Waals surface area (Å²) in [4.78, 5) is 21.0. The van der Waals surface area contributed by atoms with E-state index in [9.17, 15) is 4.79 Å². The number of aromatic nitrogens is 2. The summed E-state index contributed by atoms with van der Waals surface area (Å²) in [5, 5.41) is 5.37. The molecule has 1 aromatic carbocycles. The van der Waals surface area contributed by atoms with Gasteiger partial charge in [-0.3, -0.25) is 10.1 Å². The lowest BCUT2D eigenvalue weighted by atomic mass is 9.98. The van der Waals surface area contributed by atoms with Crippen LogP contribution in [-0.4, -0.2) is 23.0 Å². The molecule has 2 aromatic heterocycles. The van der Waals surface area contributed by atoms with Crippen molar-refractivity contribution in [2.45, 2.75) is 20.8 Å². The monoisotopic (exact) mass is 353 g/mol. The Hall–Kier alpha value is -2.73. The summed E-state index contributed by atoms with van der Waals surface area (Å²) in [5.74, 6) is 0.164. The van der Waals surface area contributed by atoms with E-state index in [0.717, 1.165) is 11.3 Å². The lowest BCUT2D eigenvalue weighted by molar-refractivity contribution is 0.102. The van der Waals surface area contributed by atoms with Crippen LogP contribution < -0.4 is 10.1 Å². The minimum absolute atomic E-state index is 0.237. The van der Waals surface area contributed by atoms with Gasteiger partial charge in [0.2, 0.25) is 5.88 Å². The summed E-state index contributed by atoms with van der Waals surface area (Å²) in [6.45, 7) is 6.24. The molecule has 0 saturated heterocycles. The fourth-order valence-corrected chi connectivity index (χ4v) is 3.56. The molecule has 3 aromatic rings. The van der Waals surface area contributed by atoms with Gasteiger partial charge in [0.05, 0.1) is 12.8 Å². The third kappa shape index (κ3) is 3.69. The zero-order chi connectivity index (χ0) is 18.0. The normalized spacial score (nSPS) is 10.6. The number of nitrogens with zero attached hydrogens (tertiary/aromatic N) is 2. The molecule has 0 atom stereocenters. The molecule has 0 aliphatic rings. The molecule has 0 radical (unpaired) electrons. The molecule has 0 aliphatic carbocycles. The molecule has 0 saturated carbocycles. The number of aryl methyl sites for hydroxylation is 3. The third-order valence-electron chi connectivity index (χ3n) is 3.86. The van der Waals surface area contributed by atoms with Crippen LogP contribution in [0, 0.1) is 20.8 Å². The summed E-state index contributed by atoms with van der Waals surface area (Å²) in [6, 6.07) is 7.52. The number of ether oxygens (including phenoxy) is 1. The molecule has 5 nitrogen and oxygen atoms in total. The molecule has 3 rings (SSSR count). The zero-order valence-electron chi connectivity index (χ0n) is 14.6. The minimum Gasteiger partial charge on any atom is -0.481 e. The van der Waals surface area contributed by atoms with E-state index >= 15 is 0 Å². The minimum atomic E-state index is -0.237. The second-order valence-corrected chi connectivity index (χ2v) is 6.71. The number of rotatable bonds is 4. The fourth-order valence-electron chi connectivity index (χ4n) is 2.86. The molecule has 25 heavy (non-hydrogen) atoms. The van der Waals surface area contributed by atoms with E-state index in [4.69, 9.17) is 4.74 Å². The summed E-state index contributed by atoms with van der Waals surface area (Å²) in [5.41, 5.74) is 6.06. The molecule has 2 heterocycles. The van der Waals surface area contributed by atoms with E-state index < -0.39 is 0 Å². The highest BCUT2D eigenvalue weighted by Gasteiger charge is 2.13. The van der Waals surface area contributed by atoms with Crippen molar-refractivity contribution in [2.24, 2.45) is 0 Å². The van der Waals surface area contributed by atoms with Crippen LogP contribution in [-0.2, 0) is 0 Å². The van der Waals surface area contributed by atoms with Gasteiger partial charge in [0.1, 0.15) is 0 Å². The van der Waals surface area contributed by atoms with Gasteiger partial charge in [0, 0.05) is 28.8 Å². The predicted octanol–water partition coefficient (Wildman–Crippen LogP) is 4.39. The Morgan fingerprint density at radius 2 is 1.88 bits per heavy atom. The van der Waals surface area contributed by atoms with E-state index in [1.807, 2.05) is 5.38 Å². The number of pyridine rings is 1. The number of hydrogen-bond acceptors (Lipinski definition) is 5. The molecule has 1 N–H and O–H groups in total. The standard InChI is InChI=1S/C19H19N3O2S/c1-11-7-12(2)17(13(3)8-11)15-10-25-19(21-15)22-18(23)14-5-6-20-16(9-14)24-4/h5-10H,1-4H3,(H,21,22,23). The van der Waals surface area contributed by atoms with E-state index in [0.29, 0.717) is 16.6 Å². The second kappa shape index (κ2) is 7.03. The first-order chi connectivity index (χ1) is 12.0. The SMILES string of the molecule is COc1cc(C(=O)Nc2nc(-c3c(C)cc(C)cc3C)cs2)ccn1. The molecular formula is C19H19N3O2S. The van der Waals surface area contributed by atoms with Crippen molar-refractivity contribution in [1.29, 1.82) is 0 Å². The van der Waals surface area contributed by atoms with Crippen molar-refractivity contribution in [3.05, 3.63) is 58.1 Å². The quantitative estimate of drug-likeness (QED) is 0.755. The van der Waals surface area contributed by atoms with Crippen molar-refractivity contribution in [3.63, 3.8) is 0 Å². The summed E-state index contributed by atoms with van der Waals surface area (Å²) >= 11 is 1.41. The van der Waals surface area contributed by atoms with Gasteiger partial charge in [-0.15, -0.1) is 11.3 Å². The van der Waals surface area contributed by atoms with E-state index in [1.165, 1.54) is 35.1 Å². The third-order valence-corrected chi connectivity index (χ3v) is 4.62.